The maximum Gasteiger partial charge on any atom is 0.248 e. The van der Waals surface area contributed by atoms with Crippen LogP contribution in [0.3, 0.4) is 0 Å². The fourth-order valence-electron chi connectivity index (χ4n) is 3.75. The average Bonchev–Trinajstić information content (AvgIpc) is 3.25. The van der Waals surface area contributed by atoms with Gasteiger partial charge in [-0.2, -0.15) is 0 Å². The highest BCUT2D eigenvalue weighted by Gasteiger charge is 2.16. The van der Waals surface area contributed by atoms with Gasteiger partial charge < -0.3 is 19.2 Å². The first-order valence-electron chi connectivity index (χ1n) is 10.6. The second kappa shape index (κ2) is 9.65. The number of methoxy groups -OCH3 is 2. The van der Waals surface area contributed by atoms with E-state index in [-0.39, 0.29) is 4.90 Å². The van der Waals surface area contributed by atoms with E-state index in [0.717, 1.165) is 22.3 Å². The quantitative estimate of drug-likeness (QED) is 0.357. The Morgan fingerprint density at radius 1 is 1.03 bits per heavy atom. The lowest BCUT2D eigenvalue weighted by Crippen LogP contribution is -2.13. The van der Waals surface area contributed by atoms with Crippen molar-refractivity contribution in [3.63, 3.8) is 0 Å². The fourth-order valence-corrected chi connectivity index (χ4v) is 4.31. The molecule has 0 radical (unpaired) electrons. The van der Waals surface area contributed by atoms with Gasteiger partial charge in [0.15, 0.2) is 0 Å². The van der Waals surface area contributed by atoms with Crippen LogP contribution in [-0.4, -0.2) is 28.5 Å². The Morgan fingerprint density at radius 2 is 1.80 bits per heavy atom. The van der Waals surface area contributed by atoms with E-state index in [1.54, 1.807) is 39.5 Å². The first-order valence-corrected chi connectivity index (χ1v) is 12.1. The number of sulfonamides is 1. The standard InChI is InChI=1S/C26H24N2O6S/c1-16(10-26(29)28-18-7-5-9-20(12-18)35(27,30)31)21-13-22-23(15-34-25(22)14-24(21)33-3)17-6-4-8-19(11-17)32-2/h4-15H,1-3H3,(H,28,29)(H2,27,30,31)/b16-10+. The lowest BCUT2D eigenvalue weighted by atomic mass is 9.99. The number of carbonyl (C=O) groups excluding carboxylic acids is 1. The summed E-state index contributed by atoms with van der Waals surface area (Å²) in [4.78, 5) is 12.6. The van der Waals surface area contributed by atoms with Gasteiger partial charge >= 0.3 is 0 Å². The van der Waals surface area contributed by atoms with E-state index in [0.29, 0.717) is 28.2 Å². The van der Waals surface area contributed by atoms with Gasteiger partial charge in [-0.3, -0.25) is 4.79 Å². The van der Waals surface area contributed by atoms with Gasteiger partial charge in [0, 0.05) is 34.3 Å². The largest absolute Gasteiger partial charge is 0.497 e. The molecule has 9 heteroatoms. The molecule has 180 valence electrons. The zero-order valence-electron chi connectivity index (χ0n) is 19.4. The number of benzene rings is 3. The zero-order chi connectivity index (χ0) is 25.2. The number of ether oxygens (including phenoxy) is 2. The minimum atomic E-state index is -3.88. The van der Waals surface area contributed by atoms with Crippen molar-refractivity contribution in [3.8, 4) is 22.6 Å². The summed E-state index contributed by atoms with van der Waals surface area (Å²) in [6, 6.07) is 17.1. The van der Waals surface area contributed by atoms with Gasteiger partial charge in [0.25, 0.3) is 0 Å². The summed E-state index contributed by atoms with van der Waals surface area (Å²) < 4.78 is 39.8. The molecular weight excluding hydrogens is 468 g/mol. The second-order valence-electron chi connectivity index (χ2n) is 7.82. The van der Waals surface area contributed by atoms with Crippen molar-refractivity contribution < 1.29 is 27.1 Å². The van der Waals surface area contributed by atoms with Crippen molar-refractivity contribution in [2.45, 2.75) is 11.8 Å². The van der Waals surface area contributed by atoms with E-state index in [1.807, 2.05) is 30.3 Å². The van der Waals surface area contributed by atoms with E-state index in [4.69, 9.17) is 19.0 Å². The molecular formula is C26H24N2O6S. The molecule has 0 saturated heterocycles. The SMILES string of the molecule is COc1cccc(-c2coc3cc(OC)c(/C(C)=C/C(=O)Nc4cccc(S(N)(=O)=O)c4)cc23)c1. The molecule has 4 aromatic rings. The summed E-state index contributed by atoms with van der Waals surface area (Å²) in [5.41, 5.74) is 4.09. The monoisotopic (exact) mass is 492 g/mol. The molecule has 1 aromatic heterocycles. The van der Waals surface area contributed by atoms with Crippen molar-refractivity contribution in [1.82, 2.24) is 0 Å². The number of hydrogen-bond acceptors (Lipinski definition) is 6. The second-order valence-corrected chi connectivity index (χ2v) is 9.38. The van der Waals surface area contributed by atoms with E-state index in [9.17, 15) is 13.2 Å². The van der Waals surface area contributed by atoms with Crippen LogP contribution in [0.25, 0.3) is 27.7 Å². The smallest absolute Gasteiger partial charge is 0.248 e. The van der Waals surface area contributed by atoms with Crippen LogP contribution in [0.1, 0.15) is 12.5 Å². The number of rotatable bonds is 7. The van der Waals surface area contributed by atoms with Crippen molar-refractivity contribution in [2.75, 3.05) is 19.5 Å². The van der Waals surface area contributed by atoms with Crippen LogP contribution >= 0.6 is 0 Å². The maximum atomic E-state index is 12.7. The highest BCUT2D eigenvalue weighted by Crippen LogP contribution is 2.38. The number of amides is 1. The number of fused-ring (bicyclic) bond motifs is 1. The number of nitrogens with two attached hydrogens (primary N) is 1. The molecule has 3 N–H and O–H groups in total. The van der Waals surface area contributed by atoms with Crippen LogP contribution in [0.2, 0.25) is 0 Å². The summed E-state index contributed by atoms with van der Waals surface area (Å²) in [6.45, 7) is 1.79. The Balaban J connectivity index is 1.69. The number of furan rings is 1. The molecule has 0 aliphatic heterocycles. The highest BCUT2D eigenvalue weighted by atomic mass is 32.2. The predicted octanol–water partition coefficient (Wildman–Crippen LogP) is 4.81. The summed E-state index contributed by atoms with van der Waals surface area (Å²) >= 11 is 0. The first-order chi connectivity index (χ1) is 16.7. The van der Waals surface area contributed by atoms with Crippen LogP contribution in [0, 0.1) is 0 Å². The zero-order valence-corrected chi connectivity index (χ0v) is 20.2. The number of nitrogens with one attached hydrogen (secondary N) is 1. The first kappa shape index (κ1) is 24.1. The van der Waals surface area contributed by atoms with E-state index in [1.165, 1.54) is 24.3 Å². The molecule has 1 amide bonds. The summed E-state index contributed by atoms with van der Waals surface area (Å²) in [6.07, 6.45) is 3.09. The molecule has 0 fully saturated rings. The Bertz CT molecular complexity index is 1550. The molecule has 3 aromatic carbocycles. The molecule has 1 heterocycles. The number of carbonyl (C=O) groups is 1. The van der Waals surface area contributed by atoms with Crippen LogP contribution in [-0.2, 0) is 14.8 Å². The molecule has 4 rings (SSSR count). The third-order valence-electron chi connectivity index (χ3n) is 5.48. The Labute approximate surface area is 203 Å². The highest BCUT2D eigenvalue weighted by molar-refractivity contribution is 7.89. The topological polar surface area (TPSA) is 121 Å². The average molecular weight is 493 g/mol. The third kappa shape index (κ3) is 5.21. The number of hydrogen-bond donors (Lipinski definition) is 2. The molecule has 8 nitrogen and oxygen atoms in total. The molecule has 0 saturated carbocycles. The van der Waals surface area contributed by atoms with Crippen molar-refractivity contribution in [1.29, 1.82) is 0 Å². The molecule has 35 heavy (non-hydrogen) atoms. The van der Waals surface area contributed by atoms with Crippen molar-refractivity contribution in [2.24, 2.45) is 5.14 Å². The van der Waals surface area contributed by atoms with E-state index in [2.05, 4.69) is 5.32 Å². The lowest BCUT2D eigenvalue weighted by Gasteiger charge is -2.11. The molecule has 0 aliphatic rings. The number of anilines is 1. The van der Waals surface area contributed by atoms with Gasteiger partial charge in [0.1, 0.15) is 17.1 Å². The summed E-state index contributed by atoms with van der Waals surface area (Å²) in [5, 5.41) is 8.69. The van der Waals surface area contributed by atoms with Gasteiger partial charge in [-0.05, 0) is 54.5 Å². The molecule has 0 unspecified atom stereocenters. The van der Waals surface area contributed by atoms with Gasteiger partial charge in [-0.1, -0.05) is 18.2 Å². The van der Waals surface area contributed by atoms with Crippen LogP contribution in [0.15, 0.2) is 82.3 Å². The number of primary sulfonamides is 1. The van der Waals surface area contributed by atoms with E-state index >= 15 is 0 Å². The van der Waals surface area contributed by atoms with Crippen LogP contribution < -0.4 is 19.9 Å². The van der Waals surface area contributed by atoms with Gasteiger partial charge in [-0.25, -0.2) is 13.6 Å². The Kier molecular flexibility index (Phi) is 6.63. The third-order valence-corrected chi connectivity index (χ3v) is 6.39. The van der Waals surface area contributed by atoms with Gasteiger partial charge in [0.05, 0.1) is 25.4 Å². The summed E-state index contributed by atoms with van der Waals surface area (Å²) in [7, 11) is -0.728. The number of allylic oxidation sites excluding steroid dienone is 1. The minimum absolute atomic E-state index is 0.0897. The fraction of sp³-hybridized carbons (Fsp3) is 0.115. The van der Waals surface area contributed by atoms with Crippen LogP contribution in [0.5, 0.6) is 11.5 Å². The minimum Gasteiger partial charge on any atom is -0.497 e. The van der Waals surface area contributed by atoms with E-state index < -0.39 is 15.9 Å². The Hall–Kier alpha value is -4.08. The van der Waals surface area contributed by atoms with Gasteiger partial charge in [0.2, 0.25) is 15.9 Å². The normalized spacial score (nSPS) is 11.9. The lowest BCUT2D eigenvalue weighted by molar-refractivity contribution is -0.111. The van der Waals surface area contributed by atoms with Crippen LogP contribution in [0.4, 0.5) is 5.69 Å². The van der Waals surface area contributed by atoms with Gasteiger partial charge in [-0.15, -0.1) is 0 Å². The molecule has 0 bridgehead atoms. The Morgan fingerprint density at radius 3 is 2.51 bits per heavy atom. The molecule has 0 aliphatic carbocycles. The predicted molar refractivity (Wildman–Crippen MR) is 135 cm³/mol. The summed E-state index contributed by atoms with van der Waals surface area (Å²) in [5.74, 6) is 0.836. The molecule has 0 atom stereocenters. The van der Waals surface area contributed by atoms with Crippen molar-refractivity contribution in [3.05, 3.63) is 78.6 Å². The maximum absolute atomic E-state index is 12.7. The molecule has 0 spiro atoms. The van der Waals surface area contributed by atoms with Crippen molar-refractivity contribution >= 4 is 38.2 Å².